The highest BCUT2D eigenvalue weighted by atomic mass is 32.1. The van der Waals surface area contributed by atoms with E-state index in [9.17, 15) is 0 Å². The molecule has 5 aromatic rings. The number of rotatable bonds is 8. The van der Waals surface area contributed by atoms with E-state index in [0.29, 0.717) is 17.4 Å². The summed E-state index contributed by atoms with van der Waals surface area (Å²) in [4.78, 5) is 2.51. The molecule has 0 amide bonds. The van der Waals surface area contributed by atoms with Crippen LogP contribution in [0.1, 0.15) is 42.8 Å². The summed E-state index contributed by atoms with van der Waals surface area (Å²) in [6.07, 6.45) is 5.28. The van der Waals surface area contributed by atoms with E-state index in [2.05, 4.69) is 60.3 Å². The molecule has 0 saturated carbocycles. The Morgan fingerprint density at radius 1 is 1.24 bits per heavy atom. The van der Waals surface area contributed by atoms with Crippen molar-refractivity contribution in [2.75, 3.05) is 19.6 Å². The summed E-state index contributed by atoms with van der Waals surface area (Å²) in [6, 6.07) is 14.6. The largest absolute Gasteiger partial charge is 0.420 e. The molecule has 1 unspecified atom stereocenters. The van der Waals surface area contributed by atoms with Gasteiger partial charge in [0, 0.05) is 53.3 Å². The minimum Gasteiger partial charge on any atom is -0.420 e. The maximum Gasteiger partial charge on any atom is 0.247 e. The second-order valence-electron chi connectivity index (χ2n) is 9.41. The molecule has 0 radical (unpaired) electrons. The molecule has 1 aliphatic rings. The van der Waals surface area contributed by atoms with Gasteiger partial charge in [0.15, 0.2) is 0 Å². The first kappa shape index (κ1) is 23.6. The van der Waals surface area contributed by atoms with Crippen LogP contribution in [0.5, 0.6) is 0 Å². The minimum atomic E-state index is 0.223. The van der Waals surface area contributed by atoms with Gasteiger partial charge in [-0.15, -0.1) is 21.5 Å². The maximum absolute atomic E-state index is 7.81. The fourth-order valence-electron chi connectivity index (χ4n) is 5.07. The van der Waals surface area contributed by atoms with E-state index in [0.717, 1.165) is 61.2 Å². The summed E-state index contributed by atoms with van der Waals surface area (Å²) in [5, 5.41) is 31.9. The van der Waals surface area contributed by atoms with Crippen LogP contribution in [-0.4, -0.2) is 51.1 Å². The number of hydrogen-bond donors (Lipinski definition) is 3. The quantitative estimate of drug-likeness (QED) is 0.227. The molecule has 0 aliphatic carbocycles. The Morgan fingerprint density at radius 2 is 2.16 bits per heavy atom. The zero-order valence-electron chi connectivity index (χ0n) is 20.7. The molecule has 2 aromatic carbocycles. The van der Waals surface area contributed by atoms with Gasteiger partial charge in [0.05, 0.1) is 11.4 Å². The van der Waals surface area contributed by atoms with Gasteiger partial charge in [-0.3, -0.25) is 10.00 Å². The average molecular weight is 512 g/mol. The van der Waals surface area contributed by atoms with Crippen LogP contribution in [0, 0.1) is 5.41 Å². The average Bonchev–Trinajstić information content (AvgIpc) is 3.68. The molecule has 0 spiro atoms. The Labute approximate surface area is 218 Å². The van der Waals surface area contributed by atoms with Gasteiger partial charge in [-0.05, 0) is 66.9 Å². The second-order valence-corrected chi connectivity index (χ2v) is 10.3. The van der Waals surface area contributed by atoms with Gasteiger partial charge in [0.2, 0.25) is 11.8 Å². The van der Waals surface area contributed by atoms with Crippen LogP contribution in [0.2, 0.25) is 0 Å². The SMILES string of the molecule is CCN/C=C(\C=N)c1n[nH]c2ccc(-c3nnc(C4CCCN(Cc5csc6ccccc56)C4)o3)cc12. The highest BCUT2D eigenvalue weighted by Crippen LogP contribution is 2.33. The lowest BCUT2D eigenvalue weighted by atomic mass is 9.97. The first-order chi connectivity index (χ1) is 18.2. The van der Waals surface area contributed by atoms with Crippen LogP contribution in [0.3, 0.4) is 0 Å². The number of piperidine rings is 1. The summed E-state index contributed by atoms with van der Waals surface area (Å²) in [7, 11) is 0. The van der Waals surface area contributed by atoms with Crippen molar-refractivity contribution in [3.63, 3.8) is 0 Å². The molecular formula is C28H29N7OS. The number of benzene rings is 2. The zero-order chi connectivity index (χ0) is 25.2. The molecule has 1 saturated heterocycles. The molecule has 6 rings (SSSR count). The highest BCUT2D eigenvalue weighted by Gasteiger charge is 2.27. The van der Waals surface area contributed by atoms with Gasteiger partial charge in [-0.1, -0.05) is 18.2 Å². The van der Waals surface area contributed by atoms with E-state index < -0.39 is 0 Å². The molecule has 3 aromatic heterocycles. The van der Waals surface area contributed by atoms with Crippen LogP contribution >= 0.6 is 11.3 Å². The van der Waals surface area contributed by atoms with Gasteiger partial charge in [-0.25, -0.2) is 0 Å². The monoisotopic (exact) mass is 511 g/mol. The third-order valence-electron chi connectivity index (χ3n) is 6.95. The molecule has 3 N–H and O–H groups in total. The first-order valence-corrected chi connectivity index (χ1v) is 13.5. The standard InChI is InChI=1S/C28H29N7OS/c1-2-30-14-20(13-29)26-23-12-18(9-10-24(23)31-32-26)27-33-34-28(36-27)19-6-5-11-35(15-19)16-21-17-37-25-8-4-3-7-22(21)25/h3-4,7-10,12-14,17,19,29-30H,2,5-6,11,15-16H2,1H3,(H,31,32)/b20-14+,29-13?. The van der Waals surface area contributed by atoms with Gasteiger partial charge in [0.1, 0.15) is 5.69 Å². The number of aromatic nitrogens is 4. The van der Waals surface area contributed by atoms with E-state index in [1.165, 1.54) is 21.9 Å². The number of likely N-dealkylation sites (tertiary alicyclic amines) is 1. The second kappa shape index (κ2) is 10.3. The van der Waals surface area contributed by atoms with E-state index >= 15 is 0 Å². The van der Waals surface area contributed by atoms with Gasteiger partial charge >= 0.3 is 0 Å². The molecule has 9 heteroatoms. The molecular weight excluding hydrogens is 482 g/mol. The van der Waals surface area contributed by atoms with Crippen LogP contribution in [0.4, 0.5) is 0 Å². The van der Waals surface area contributed by atoms with Crippen molar-refractivity contribution in [1.82, 2.24) is 30.6 Å². The lowest BCUT2D eigenvalue weighted by molar-refractivity contribution is 0.187. The molecule has 0 bridgehead atoms. The Balaban J connectivity index is 1.21. The number of nitrogens with zero attached hydrogens (tertiary/aromatic N) is 4. The third kappa shape index (κ3) is 4.68. The van der Waals surface area contributed by atoms with Crippen molar-refractivity contribution >= 4 is 44.1 Å². The summed E-state index contributed by atoms with van der Waals surface area (Å²) in [5.41, 5.74) is 4.56. The smallest absolute Gasteiger partial charge is 0.247 e. The van der Waals surface area contributed by atoms with Gasteiger partial charge in [-0.2, -0.15) is 5.10 Å². The highest BCUT2D eigenvalue weighted by molar-refractivity contribution is 7.17. The molecule has 188 valence electrons. The first-order valence-electron chi connectivity index (χ1n) is 12.7. The van der Waals surface area contributed by atoms with E-state index in [-0.39, 0.29) is 5.92 Å². The Kier molecular flexibility index (Phi) is 6.55. The molecule has 1 atom stereocenters. The molecule has 1 fully saturated rings. The van der Waals surface area contributed by atoms with Crippen LogP contribution in [-0.2, 0) is 6.54 Å². The summed E-state index contributed by atoms with van der Waals surface area (Å²) < 4.78 is 7.57. The van der Waals surface area contributed by atoms with Crippen molar-refractivity contribution < 1.29 is 4.42 Å². The summed E-state index contributed by atoms with van der Waals surface area (Å²) >= 11 is 1.82. The van der Waals surface area contributed by atoms with E-state index in [1.807, 2.05) is 42.7 Å². The predicted molar refractivity (Wildman–Crippen MR) is 149 cm³/mol. The van der Waals surface area contributed by atoms with E-state index in [1.54, 1.807) is 0 Å². The van der Waals surface area contributed by atoms with Gasteiger partial charge in [0.25, 0.3) is 0 Å². The van der Waals surface area contributed by atoms with Gasteiger partial charge < -0.3 is 15.1 Å². The minimum absolute atomic E-state index is 0.223. The van der Waals surface area contributed by atoms with Crippen molar-refractivity contribution in [3.05, 3.63) is 71.2 Å². The van der Waals surface area contributed by atoms with Crippen molar-refractivity contribution in [2.24, 2.45) is 0 Å². The maximum atomic E-state index is 7.81. The summed E-state index contributed by atoms with van der Waals surface area (Å²) in [6.45, 7) is 5.73. The van der Waals surface area contributed by atoms with Crippen LogP contribution in [0.15, 0.2) is 58.5 Å². The van der Waals surface area contributed by atoms with E-state index in [4.69, 9.17) is 9.83 Å². The number of H-pyrrole nitrogens is 1. The topological polar surface area (TPSA) is 107 Å². The molecule has 37 heavy (non-hydrogen) atoms. The number of thiophene rings is 1. The number of hydrogen-bond acceptors (Lipinski definition) is 8. The Morgan fingerprint density at radius 3 is 3.05 bits per heavy atom. The molecule has 4 heterocycles. The van der Waals surface area contributed by atoms with Crippen molar-refractivity contribution in [3.8, 4) is 11.5 Å². The summed E-state index contributed by atoms with van der Waals surface area (Å²) in [5.74, 6) is 1.44. The number of fused-ring (bicyclic) bond motifs is 2. The van der Waals surface area contributed by atoms with Crippen LogP contribution in [0.25, 0.3) is 38.0 Å². The van der Waals surface area contributed by atoms with Crippen molar-refractivity contribution in [2.45, 2.75) is 32.2 Å². The fourth-order valence-corrected chi connectivity index (χ4v) is 6.02. The predicted octanol–water partition coefficient (Wildman–Crippen LogP) is 5.81. The molecule has 8 nitrogen and oxygen atoms in total. The van der Waals surface area contributed by atoms with Crippen LogP contribution < -0.4 is 5.32 Å². The lowest BCUT2D eigenvalue weighted by Gasteiger charge is -2.30. The van der Waals surface area contributed by atoms with Crippen molar-refractivity contribution in [1.29, 1.82) is 5.41 Å². The lowest BCUT2D eigenvalue weighted by Crippen LogP contribution is -2.33. The normalized spacial score (nSPS) is 17.0. The zero-order valence-corrected chi connectivity index (χ0v) is 21.5. The Bertz CT molecular complexity index is 1580. The Hall–Kier alpha value is -3.82. The third-order valence-corrected chi connectivity index (χ3v) is 7.96. The number of allylic oxidation sites excluding steroid dienone is 1. The fraction of sp³-hybridized carbons (Fsp3) is 0.286. The molecule has 1 aliphatic heterocycles. The number of aromatic amines is 1. The number of nitrogens with one attached hydrogen (secondary N) is 3.